The first kappa shape index (κ1) is 29.6. The lowest BCUT2D eigenvalue weighted by atomic mass is 9.87. The lowest BCUT2D eigenvalue weighted by Gasteiger charge is -2.47. The number of nitrogens with zero attached hydrogens (tertiary/aromatic N) is 7. The molecule has 0 saturated carbocycles. The second kappa shape index (κ2) is 12.4. The van der Waals surface area contributed by atoms with E-state index in [0.29, 0.717) is 18.5 Å². The number of likely N-dealkylation sites (N-methyl/N-ethyl adjacent to an activating group) is 1. The number of aromatic nitrogens is 4. The Bertz CT molecular complexity index is 1510. The highest BCUT2D eigenvalue weighted by atomic mass is 19.1. The average Bonchev–Trinajstić information content (AvgIpc) is 3.51. The summed E-state index contributed by atoms with van der Waals surface area (Å²) in [5.74, 6) is 0. The molecule has 214 valence electrons. The standard InChI is InChI=1S/C32H39FN8/c1-8-9-14-40-24(3)29(18-35-40)30(20-38(5)6)23(2)28-16-26(10-11-31(28)37-25(4)33)15-27-17-36-41(19-27)32(12-13-34)21-39(7)22-32/h8-11,14,16-20,25,37H,1-2,12,15,21-22H2,3-7H3/b14-9-,30-20+. The van der Waals surface area contributed by atoms with Crippen LogP contribution in [0.4, 0.5) is 10.1 Å². The fourth-order valence-electron chi connectivity index (χ4n) is 5.37. The molecule has 1 fully saturated rings. The van der Waals surface area contributed by atoms with Crippen LogP contribution in [-0.2, 0) is 12.0 Å². The highest BCUT2D eigenvalue weighted by Crippen LogP contribution is 2.37. The van der Waals surface area contributed by atoms with Crippen LogP contribution in [-0.4, -0.2) is 69.9 Å². The minimum atomic E-state index is -1.24. The summed E-state index contributed by atoms with van der Waals surface area (Å²) in [5.41, 5.74) is 6.80. The van der Waals surface area contributed by atoms with E-state index >= 15 is 0 Å². The van der Waals surface area contributed by atoms with E-state index in [2.05, 4.69) is 45.7 Å². The summed E-state index contributed by atoms with van der Waals surface area (Å²) in [6, 6.07) is 8.30. The molecule has 1 aliphatic heterocycles. The number of likely N-dealkylation sites (tertiary alicyclic amines) is 1. The molecule has 1 N–H and O–H groups in total. The molecule has 1 saturated heterocycles. The smallest absolute Gasteiger partial charge is 0.167 e. The van der Waals surface area contributed by atoms with Crippen molar-refractivity contribution in [3.8, 4) is 6.07 Å². The molecule has 8 nitrogen and oxygen atoms in total. The van der Waals surface area contributed by atoms with Crippen molar-refractivity contribution in [2.75, 3.05) is 39.5 Å². The zero-order valence-electron chi connectivity index (χ0n) is 24.6. The Morgan fingerprint density at radius 2 is 2.00 bits per heavy atom. The van der Waals surface area contributed by atoms with E-state index in [9.17, 15) is 9.65 Å². The van der Waals surface area contributed by atoms with Gasteiger partial charge in [0.05, 0.1) is 24.9 Å². The minimum absolute atomic E-state index is 0.277. The third kappa shape index (κ3) is 6.50. The minimum Gasteiger partial charge on any atom is -0.383 e. The molecule has 1 atom stereocenters. The topological polar surface area (TPSA) is 77.9 Å². The Morgan fingerprint density at radius 3 is 2.63 bits per heavy atom. The van der Waals surface area contributed by atoms with Gasteiger partial charge in [-0.3, -0.25) is 4.68 Å². The van der Waals surface area contributed by atoms with Crippen LogP contribution in [0.5, 0.6) is 0 Å². The third-order valence-corrected chi connectivity index (χ3v) is 7.24. The van der Waals surface area contributed by atoms with Gasteiger partial charge in [-0.2, -0.15) is 15.5 Å². The summed E-state index contributed by atoms with van der Waals surface area (Å²) < 4.78 is 18.0. The summed E-state index contributed by atoms with van der Waals surface area (Å²) in [6.07, 6.45) is 12.9. The summed E-state index contributed by atoms with van der Waals surface area (Å²) in [6.45, 7) is 13.3. The van der Waals surface area contributed by atoms with Crippen LogP contribution in [0.1, 0.15) is 41.3 Å². The summed E-state index contributed by atoms with van der Waals surface area (Å²) in [4.78, 5) is 4.16. The number of benzene rings is 1. The molecule has 41 heavy (non-hydrogen) atoms. The van der Waals surface area contributed by atoms with Crippen LogP contribution in [0.15, 0.2) is 68.3 Å². The fourth-order valence-corrected chi connectivity index (χ4v) is 5.37. The van der Waals surface area contributed by atoms with E-state index in [0.717, 1.165) is 52.2 Å². The predicted octanol–water partition coefficient (Wildman–Crippen LogP) is 5.53. The second-order valence-corrected chi connectivity index (χ2v) is 11.0. The highest BCUT2D eigenvalue weighted by molar-refractivity contribution is 6.06. The van der Waals surface area contributed by atoms with Crippen LogP contribution in [0.2, 0.25) is 0 Å². The normalized spacial score (nSPS) is 15.8. The van der Waals surface area contributed by atoms with Gasteiger partial charge in [-0.05, 0) is 55.8 Å². The van der Waals surface area contributed by atoms with Crippen molar-refractivity contribution in [2.24, 2.45) is 0 Å². The molecular formula is C32H39FN8. The molecule has 1 aliphatic rings. The Labute approximate surface area is 242 Å². The molecule has 2 aromatic heterocycles. The molecule has 1 unspecified atom stereocenters. The number of alkyl halides is 1. The van der Waals surface area contributed by atoms with E-state index in [1.807, 2.05) is 86.8 Å². The van der Waals surface area contributed by atoms with Crippen molar-refractivity contribution in [1.82, 2.24) is 29.4 Å². The van der Waals surface area contributed by atoms with E-state index in [1.54, 1.807) is 10.8 Å². The molecule has 4 rings (SSSR count). The Morgan fingerprint density at radius 1 is 1.24 bits per heavy atom. The van der Waals surface area contributed by atoms with Gasteiger partial charge in [0.1, 0.15) is 5.54 Å². The number of allylic oxidation sites excluding steroid dienone is 4. The number of anilines is 1. The quantitative estimate of drug-likeness (QED) is 0.234. The maximum Gasteiger partial charge on any atom is 0.167 e. The number of halogens is 1. The molecule has 0 spiro atoms. The predicted molar refractivity (Wildman–Crippen MR) is 165 cm³/mol. The van der Waals surface area contributed by atoms with Gasteiger partial charge >= 0.3 is 0 Å². The first-order valence-corrected chi connectivity index (χ1v) is 13.6. The zero-order valence-corrected chi connectivity index (χ0v) is 24.6. The van der Waals surface area contributed by atoms with Crippen molar-refractivity contribution in [3.05, 3.63) is 96.2 Å². The second-order valence-electron chi connectivity index (χ2n) is 11.0. The van der Waals surface area contributed by atoms with Gasteiger partial charge in [0.15, 0.2) is 6.30 Å². The Balaban J connectivity index is 1.70. The maximum absolute atomic E-state index is 14.2. The summed E-state index contributed by atoms with van der Waals surface area (Å²) in [5, 5.41) is 21.5. The van der Waals surface area contributed by atoms with Crippen LogP contribution in [0.3, 0.4) is 0 Å². The van der Waals surface area contributed by atoms with E-state index in [-0.39, 0.29) is 5.54 Å². The van der Waals surface area contributed by atoms with Gasteiger partial charge < -0.3 is 15.1 Å². The first-order chi connectivity index (χ1) is 19.6. The number of hydrogen-bond donors (Lipinski definition) is 1. The summed E-state index contributed by atoms with van der Waals surface area (Å²) >= 11 is 0. The number of nitrogens with one attached hydrogen (secondary N) is 1. The summed E-state index contributed by atoms with van der Waals surface area (Å²) in [7, 11) is 5.97. The zero-order chi connectivity index (χ0) is 29.7. The average molecular weight is 555 g/mol. The van der Waals surface area contributed by atoms with Crippen LogP contribution in [0, 0.1) is 18.3 Å². The van der Waals surface area contributed by atoms with Crippen molar-refractivity contribution >= 4 is 23.0 Å². The third-order valence-electron chi connectivity index (χ3n) is 7.24. The van der Waals surface area contributed by atoms with Crippen LogP contribution >= 0.6 is 0 Å². The van der Waals surface area contributed by atoms with Gasteiger partial charge in [0.2, 0.25) is 0 Å². The molecule has 0 bridgehead atoms. The van der Waals surface area contributed by atoms with Gasteiger partial charge in [0, 0.05) is 80.3 Å². The maximum atomic E-state index is 14.2. The van der Waals surface area contributed by atoms with Crippen molar-refractivity contribution in [3.63, 3.8) is 0 Å². The number of rotatable bonds is 12. The van der Waals surface area contributed by atoms with Crippen molar-refractivity contribution in [2.45, 2.75) is 38.5 Å². The molecular weight excluding hydrogens is 515 g/mol. The molecule has 0 radical (unpaired) electrons. The van der Waals surface area contributed by atoms with Crippen molar-refractivity contribution < 1.29 is 4.39 Å². The number of hydrogen-bond acceptors (Lipinski definition) is 6. The monoisotopic (exact) mass is 554 g/mol. The lowest BCUT2D eigenvalue weighted by molar-refractivity contribution is 0.0264. The van der Waals surface area contributed by atoms with E-state index in [1.165, 1.54) is 6.92 Å². The molecule has 9 heteroatoms. The van der Waals surface area contributed by atoms with Gasteiger partial charge in [-0.15, -0.1) is 0 Å². The van der Waals surface area contributed by atoms with Gasteiger partial charge in [-0.25, -0.2) is 9.07 Å². The number of nitriles is 1. The van der Waals surface area contributed by atoms with Crippen molar-refractivity contribution in [1.29, 1.82) is 5.26 Å². The Hall–Kier alpha value is -4.42. The van der Waals surface area contributed by atoms with E-state index in [4.69, 9.17) is 0 Å². The van der Waals surface area contributed by atoms with Gasteiger partial charge in [-0.1, -0.05) is 25.3 Å². The SMILES string of the molecule is C=C/C=C\n1ncc(/C(=C/N(C)C)C(=C)c2cc(Cc3cnn(C4(CC#N)CN(C)C4)c3)ccc2NC(C)F)c1C. The van der Waals surface area contributed by atoms with E-state index < -0.39 is 6.30 Å². The molecule has 0 aliphatic carbocycles. The first-order valence-electron chi connectivity index (χ1n) is 13.6. The largest absolute Gasteiger partial charge is 0.383 e. The Kier molecular flexibility index (Phi) is 8.94. The fraction of sp³-hybridized carbons (Fsp3) is 0.344. The molecule has 3 heterocycles. The van der Waals surface area contributed by atoms with Crippen LogP contribution < -0.4 is 5.32 Å². The lowest BCUT2D eigenvalue weighted by Crippen LogP contribution is -2.61. The molecule has 3 aromatic rings. The molecule has 1 aromatic carbocycles. The van der Waals surface area contributed by atoms with Crippen LogP contribution in [0.25, 0.3) is 17.3 Å². The highest BCUT2D eigenvalue weighted by Gasteiger charge is 2.43. The molecule has 0 amide bonds. The van der Waals surface area contributed by atoms with Gasteiger partial charge in [0.25, 0.3) is 0 Å².